The number of aryl methyl sites for hydroxylation is 1. The van der Waals surface area contributed by atoms with Crippen molar-refractivity contribution in [3.63, 3.8) is 0 Å². The molecule has 0 saturated carbocycles. The van der Waals surface area contributed by atoms with Crippen LogP contribution in [-0.2, 0) is 9.53 Å². The lowest BCUT2D eigenvalue weighted by molar-refractivity contribution is -0.135. The molecule has 0 radical (unpaired) electrons. The Balaban J connectivity index is 2.02. The average molecular weight is 394 g/mol. The highest BCUT2D eigenvalue weighted by molar-refractivity contribution is 6.32. The molecule has 144 valence electrons. The molecule has 0 bridgehead atoms. The van der Waals surface area contributed by atoms with Gasteiger partial charge in [0, 0.05) is 25.6 Å². The van der Waals surface area contributed by atoms with Crippen molar-refractivity contribution in [2.75, 3.05) is 26.3 Å². The Hall–Kier alpha value is -2.51. The summed E-state index contributed by atoms with van der Waals surface area (Å²) in [5, 5.41) is 20.1. The smallest absolute Gasteiger partial charge is 0.227 e. The summed E-state index contributed by atoms with van der Waals surface area (Å²) >= 11 is 6.02. The van der Waals surface area contributed by atoms with Crippen LogP contribution in [0.1, 0.15) is 29.4 Å². The molecule has 3 rings (SSSR count). The lowest BCUT2D eigenvalue weighted by Crippen LogP contribution is -2.41. The number of amides is 1. The van der Waals surface area contributed by atoms with Gasteiger partial charge in [0.25, 0.3) is 0 Å². The number of morpholine rings is 1. The van der Waals surface area contributed by atoms with Crippen molar-refractivity contribution in [3.8, 4) is 11.5 Å². The summed E-state index contributed by atoms with van der Waals surface area (Å²) in [5.74, 6) is -1.20. The first kappa shape index (κ1) is 19.3. The highest BCUT2D eigenvalue weighted by Crippen LogP contribution is 2.36. The van der Waals surface area contributed by atoms with Crippen molar-refractivity contribution in [2.24, 2.45) is 0 Å². The molecule has 0 aliphatic carbocycles. The van der Waals surface area contributed by atoms with Crippen LogP contribution in [0.25, 0.3) is 0 Å². The van der Waals surface area contributed by atoms with Crippen LogP contribution in [0.2, 0.25) is 5.02 Å². The van der Waals surface area contributed by atoms with Gasteiger partial charge in [0.15, 0.2) is 5.76 Å². The van der Waals surface area contributed by atoms with Gasteiger partial charge in [-0.3, -0.25) is 9.59 Å². The van der Waals surface area contributed by atoms with Gasteiger partial charge in [-0.1, -0.05) is 17.7 Å². The normalized spacial score (nSPS) is 15.6. The second-order valence-electron chi connectivity index (χ2n) is 6.39. The molecule has 1 amide bonds. The minimum Gasteiger partial charge on any atom is -0.506 e. The van der Waals surface area contributed by atoms with Crippen LogP contribution in [0, 0.1) is 6.92 Å². The zero-order valence-electron chi connectivity index (χ0n) is 14.8. The van der Waals surface area contributed by atoms with E-state index in [2.05, 4.69) is 0 Å². The third kappa shape index (κ3) is 4.26. The molecule has 0 unspecified atom stereocenters. The zero-order chi connectivity index (χ0) is 19.6. The molecule has 1 atom stereocenters. The predicted octanol–water partition coefficient (Wildman–Crippen LogP) is 2.39. The van der Waals surface area contributed by atoms with Gasteiger partial charge in [-0.25, -0.2) is 0 Å². The number of carbonyl (C=O) groups is 1. The van der Waals surface area contributed by atoms with E-state index in [1.807, 2.05) is 0 Å². The minimum atomic E-state index is -0.731. The van der Waals surface area contributed by atoms with E-state index in [-0.39, 0.29) is 28.9 Å². The molecule has 1 fully saturated rings. The molecule has 2 N–H and O–H groups in total. The van der Waals surface area contributed by atoms with Crippen molar-refractivity contribution in [3.05, 3.63) is 56.6 Å². The van der Waals surface area contributed by atoms with E-state index in [9.17, 15) is 19.8 Å². The number of nitrogens with zero attached hydrogens (tertiary/aromatic N) is 1. The number of benzene rings is 1. The number of rotatable bonds is 4. The first-order valence-electron chi connectivity index (χ1n) is 8.54. The molecular formula is C19H20ClNO6. The molecule has 2 aromatic rings. The fourth-order valence-corrected chi connectivity index (χ4v) is 3.27. The van der Waals surface area contributed by atoms with Crippen molar-refractivity contribution < 1.29 is 24.2 Å². The summed E-state index contributed by atoms with van der Waals surface area (Å²) in [5.41, 5.74) is -0.0362. The van der Waals surface area contributed by atoms with Crippen molar-refractivity contribution in [2.45, 2.75) is 19.3 Å². The Kier molecular flexibility index (Phi) is 5.72. The predicted molar refractivity (Wildman–Crippen MR) is 98.4 cm³/mol. The van der Waals surface area contributed by atoms with Crippen LogP contribution >= 0.6 is 11.6 Å². The van der Waals surface area contributed by atoms with Gasteiger partial charge in [-0.05, 0) is 24.6 Å². The van der Waals surface area contributed by atoms with E-state index in [0.29, 0.717) is 37.6 Å². The van der Waals surface area contributed by atoms with Gasteiger partial charge in [-0.2, -0.15) is 0 Å². The summed E-state index contributed by atoms with van der Waals surface area (Å²) in [6.45, 7) is 3.48. The highest BCUT2D eigenvalue weighted by atomic mass is 35.5. The number of phenolic OH excluding ortho intramolecular Hbond substituents is 1. The molecule has 0 spiro atoms. The number of halogens is 1. The summed E-state index contributed by atoms with van der Waals surface area (Å²) in [6.07, 6.45) is -0.0267. The topological polar surface area (TPSA) is 100 Å². The summed E-state index contributed by atoms with van der Waals surface area (Å²) in [7, 11) is 0. The summed E-state index contributed by atoms with van der Waals surface area (Å²) in [6, 6.07) is 5.66. The lowest BCUT2D eigenvalue weighted by atomic mass is 9.91. The van der Waals surface area contributed by atoms with E-state index in [1.54, 1.807) is 17.9 Å². The van der Waals surface area contributed by atoms with E-state index in [4.69, 9.17) is 20.8 Å². The van der Waals surface area contributed by atoms with Crippen LogP contribution in [0.3, 0.4) is 0 Å². The van der Waals surface area contributed by atoms with Crippen LogP contribution < -0.4 is 5.43 Å². The Morgan fingerprint density at radius 1 is 1.26 bits per heavy atom. The van der Waals surface area contributed by atoms with Gasteiger partial charge < -0.3 is 24.3 Å². The lowest BCUT2D eigenvalue weighted by Gasteiger charge is -2.28. The van der Waals surface area contributed by atoms with Gasteiger partial charge in [0.2, 0.25) is 17.1 Å². The van der Waals surface area contributed by atoms with Crippen LogP contribution in [-0.4, -0.2) is 47.3 Å². The fraction of sp³-hybridized carbons (Fsp3) is 0.368. The maximum absolute atomic E-state index is 12.8. The van der Waals surface area contributed by atoms with Crippen LogP contribution in [0.15, 0.2) is 33.5 Å². The second-order valence-corrected chi connectivity index (χ2v) is 6.80. The number of hydrogen-bond donors (Lipinski definition) is 2. The first-order chi connectivity index (χ1) is 12.9. The van der Waals surface area contributed by atoms with Gasteiger partial charge in [0.1, 0.15) is 11.5 Å². The number of aromatic hydroxyl groups is 2. The highest BCUT2D eigenvalue weighted by Gasteiger charge is 2.29. The third-order valence-corrected chi connectivity index (χ3v) is 4.81. The molecule has 2 heterocycles. The van der Waals surface area contributed by atoms with Gasteiger partial charge >= 0.3 is 0 Å². The van der Waals surface area contributed by atoms with E-state index in [0.717, 1.165) is 0 Å². The largest absolute Gasteiger partial charge is 0.506 e. The summed E-state index contributed by atoms with van der Waals surface area (Å²) < 4.78 is 10.9. The first-order valence-corrected chi connectivity index (χ1v) is 8.92. The monoisotopic (exact) mass is 393 g/mol. The maximum atomic E-state index is 12.8. The molecule has 8 heteroatoms. The molecule has 1 saturated heterocycles. The van der Waals surface area contributed by atoms with Crippen molar-refractivity contribution >= 4 is 17.5 Å². The van der Waals surface area contributed by atoms with Crippen LogP contribution in [0.4, 0.5) is 0 Å². The molecule has 27 heavy (non-hydrogen) atoms. The van der Waals surface area contributed by atoms with E-state index >= 15 is 0 Å². The molecular weight excluding hydrogens is 374 g/mol. The number of hydrogen-bond acceptors (Lipinski definition) is 6. The van der Waals surface area contributed by atoms with E-state index in [1.165, 1.54) is 18.2 Å². The Bertz CT molecular complexity index is 904. The zero-order valence-corrected chi connectivity index (χ0v) is 15.5. The third-order valence-electron chi connectivity index (χ3n) is 4.51. The number of carbonyl (C=O) groups excluding carboxylic acids is 1. The Morgan fingerprint density at radius 3 is 2.63 bits per heavy atom. The van der Waals surface area contributed by atoms with E-state index < -0.39 is 17.1 Å². The fourth-order valence-electron chi connectivity index (χ4n) is 3.08. The number of ether oxygens (including phenoxy) is 1. The quantitative estimate of drug-likeness (QED) is 0.827. The van der Waals surface area contributed by atoms with Crippen LogP contribution in [0.5, 0.6) is 11.5 Å². The Morgan fingerprint density at radius 2 is 1.96 bits per heavy atom. The molecule has 1 aromatic carbocycles. The standard InChI is InChI=1S/C19H20ClNO6/c1-11-8-16(23)18(25)19(27-11)13(12-2-3-15(22)14(20)9-12)10-17(24)21-4-6-26-7-5-21/h2-3,8-9,13,22,25H,4-7,10H2,1H3/t13-/m0/s1. The average Bonchev–Trinajstić information content (AvgIpc) is 2.66. The molecule has 7 nitrogen and oxygen atoms in total. The number of phenols is 1. The second kappa shape index (κ2) is 8.02. The molecule has 1 aliphatic heterocycles. The minimum absolute atomic E-state index is 0.00312. The maximum Gasteiger partial charge on any atom is 0.227 e. The summed E-state index contributed by atoms with van der Waals surface area (Å²) in [4.78, 5) is 26.5. The SMILES string of the molecule is Cc1cc(=O)c(O)c([C@@H](CC(=O)N2CCOCC2)c2ccc(O)c(Cl)c2)o1. The Labute approximate surface area is 160 Å². The van der Waals surface area contributed by atoms with Gasteiger partial charge in [0.05, 0.1) is 24.2 Å². The molecule has 1 aliphatic rings. The van der Waals surface area contributed by atoms with Crippen molar-refractivity contribution in [1.82, 2.24) is 4.90 Å². The van der Waals surface area contributed by atoms with Crippen molar-refractivity contribution in [1.29, 1.82) is 0 Å². The van der Waals surface area contributed by atoms with Gasteiger partial charge in [-0.15, -0.1) is 0 Å². The molecule has 1 aromatic heterocycles.